The second kappa shape index (κ2) is 7.61. The highest BCUT2D eigenvalue weighted by molar-refractivity contribution is 6.25. The normalized spacial score (nSPS) is 22.5. The number of carbonyl (C=O) groups is 2. The van der Waals surface area contributed by atoms with Gasteiger partial charge in [-0.3, -0.25) is 9.59 Å². The highest BCUT2D eigenvalue weighted by Gasteiger charge is 2.59. The van der Waals surface area contributed by atoms with Crippen molar-refractivity contribution in [1.29, 1.82) is 0 Å². The Morgan fingerprint density at radius 1 is 1.00 bits per heavy atom. The van der Waals surface area contributed by atoms with Crippen molar-refractivity contribution in [2.24, 2.45) is 10.2 Å². The molecule has 2 aliphatic heterocycles. The fourth-order valence-electron chi connectivity index (χ4n) is 4.74. The van der Waals surface area contributed by atoms with Gasteiger partial charge in [0, 0.05) is 17.2 Å². The van der Waals surface area contributed by atoms with Crippen LogP contribution in [0.25, 0.3) is 0 Å². The number of allylic oxidation sites excluding steroid dienone is 1. The van der Waals surface area contributed by atoms with E-state index in [4.69, 9.17) is 0 Å². The molecule has 0 aromatic heterocycles. The number of benzene rings is 2. The zero-order valence-electron chi connectivity index (χ0n) is 17.5. The molecule has 2 heterocycles. The lowest BCUT2D eigenvalue weighted by atomic mass is 9.80. The van der Waals surface area contributed by atoms with Crippen LogP contribution in [0.3, 0.4) is 0 Å². The molecule has 1 atom stereocenters. The first kappa shape index (κ1) is 19.4. The number of rotatable bonds is 2. The van der Waals surface area contributed by atoms with E-state index < -0.39 is 5.54 Å². The number of amides is 2. The lowest BCUT2D eigenvalue weighted by molar-refractivity contribution is -0.139. The predicted octanol–water partition coefficient (Wildman–Crippen LogP) is 4.37. The Balaban J connectivity index is 1.64. The summed E-state index contributed by atoms with van der Waals surface area (Å²) >= 11 is 0. The van der Waals surface area contributed by atoms with Gasteiger partial charge in [0.25, 0.3) is 11.8 Å². The average molecular weight is 412 g/mol. The van der Waals surface area contributed by atoms with Gasteiger partial charge in [-0.25, -0.2) is 5.01 Å². The highest BCUT2D eigenvalue weighted by Crippen LogP contribution is 2.42. The van der Waals surface area contributed by atoms with Crippen LogP contribution >= 0.6 is 0 Å². The topological polar surface area (TPSA) is 65.3 Å². The molecule has 1 spiro atoms. The Bertz CT molecular complexity index is 1130. The molecule has 0 N–H and O–H groups in total. The Morgan fingerprint density at radius 3 is 2.48 bits per heavy atom. The summed E-state index contributed by atoms with van der Waals surface area (Å²) in [5, 5.41) is 11.8. The monoisotopic (exact) mass is 412 g/mol. The van der Waals surface area contributed by atoms with Crippen molar-refractivity contribution < 1.29 is 9.59 Å². The molecule has 0 bridgehead atoms. The first-order valence-electron chi connectivity index (χ1n) is 10.7. The Morgan fingerprint density at radius 2 is 1.71 bits per heavy atom. The molecule has 5 rings (SSSR count). The Kier molecular flexibility index (Phi) is 4.77. The number of hydrazone groups is 2. The maximum absolute atomic E-state index is 14.0. The van der Waals surface area contributed by atoms with E-state index in [0.717, 1.165) is 42.4 Å². The summed E-state index contributed by atoms with van der Waals surface area (Å²) in [6.45, 7) is 1.80. The minimum Gasteiger partial charge on any atom is -0.269 e. The summed E-state index contributed by atoms with van der Waals surface area (Å²) in [5.74, 6) is -0.573. The number of anilines is 1. The molecule has 6 nitrogen and oxygen atoms in total. The number of nitrogens with zero attached hydrogens (tertiary/aromatic N) is 4. The number of hydrogen-bond donors (Lipinski definition) is 0. The molecule has 156 valence electrons. The second-order valence-corrected chi connectivity index (χ2v) is 8.19. The van der Waals surface area contributed by atoms with E-state index in [1.165, 1.54) is 16.4 Å². The van der Waals surface area contributed by atoms with E-state index in [1.54, 1.807) is 19.2 Å². The molecule has 0 saturated heterocycles. The van der Waals surface area contributed by atoms with Crippen LogP contribution < -0.4 is 5.01 Å². The SMILES string of the molecule is CC1=NN(c2ccccc2)C(=O)C12c1ccccc1C=NN2C(=O)C=C1CCCCC1. The molecule has 2 aromatic rings. The molecule has 1 aliphatic carbocycles. The molecule has 1 fully saturated rings. The standard InChI is InChI=1S/C25H24N4O2/c1-18-25(24(31)28(27-18)21-13-6-3-7-14-21)22-15-9-8-12-20(22)17-26-29(25)23(30)16-19-10-4-2-5-11-19/h3,6-9,12-17H,2,4-5,10-11H2,1H3. The fourth-order valence-corrected chi connectivity index (χ4v) is 4.74. The van der Waals surface area contributed by atoms with Gasteiger partial charge in [-0.1, -0.05) is 54.5 Å². The minimum absolute atomic E-state index is 0.277. The summed E-state index contributed by atoms with van der Waals surface area (Å²) < 4.78 is 0. The van der Waals surface area contributed by atoms with Gasteiger partial charge in [0.15, 0.2) is 0 Å². The molecule has 2 amide bonds. The minimum atomic E-state index is -1.38. The maximum atomic E-state index is 14.0. The van der Waals surface area contributed by atoms with Crippen molar-refractivity contribution in [3.8, 4) is 0 Å². The third-order valence-corrected chi connectivity index (χ3v) is 6.29. The smallest absolute Gasteiger partial charge is 0.269 e. The van der Waals surface area contributed by atoms with E-state index in [9.17, 15) is 9.59 Å². The Labute approximate surface area is 181 Å². The van der Waals surface area contributed by atoms with Crippen molar-refractivity contribution in [2.45, 2.75) is 44.6 Å². The lowest BCUT2D eigenvalue weighted by Gasteiger charge is -2.39. The molecule has 0 radical (unpaired) electrons. The molecule has 1 unspecified atom stereocenters. The molecule has 2 aromatic carbocycles. The highest BCUT2D eigenvalue weighted by atomic mass is 16.2. The summed E-state index contributed by atoms with van der Waals surface area (Å²) in [4.78, 5) is 27.5. The molecule has 1 saturated carbocycles. The van der Waals surface area contributed by atoms with Gasteiger partial charge in [-0.15, -0.1) is 0 Å². The van der Waals surface area contributed by atoms with Crippen LogP contribution in [-0.2, 0) is 15.1 Å². The quantitative estimate of drug-likeness (QED) is 0.688. The number of hydrogen-bond acceptors (Lipinski definition) is 4. The lowest BCUT2D eigenvalue weighted by Crippen LogP contribution is -2.58. The zero-order chi connectivity index (χ0) is 21.4. The third kappa shape index (κ3) is 3.02. The van der Waals surface area contributed by atoms with Crippen molar-refractivity contribution in [3.05, 3.63) is 77.4 Å². The van der Waals surface area contributed by atoms with E-state index in [1.807, 2.05) is 54.6 Å². The first-order chi connectivity index (χ1) is 15.1. The van der Waals surface area contributed by atoms with Crippen LogP contribution in [0.5, 0.6) is 0 Å². The van der Waals surface area contributed by atoms with Gasteiger partial charge < -0.3 is 0 Å². The van der Waals surface area contributed by atoms with Crippen LogP contribution in [0.2, 0.25) is 0 Å². The van der Waals surface area contributed by atoms with Gasteiger partial charge in [0.05, 0.1) is 17.6 Å². The number of carbonyl (C=O) groups excluding carboxylic acids is 2. The van der Waals surface area contributed by atoms with Gasteiger partial charge in [0.2, 0.25) is 5.54 Å². The summed E-state index contributed by atoms with van der Waals surface area (Å²) in [5.41, 5.74) is 2.47. The third-order valence-electron chi connectivity index (χ3n) is 6.29. The van der Waals surface area contributed by atoms with Gasteiger partial charge in [-0.2, -0.15) is 15.2 Å². The van der Waals surface area contributed by atoms with Crippen LogP contribution in [0.4, 0.5) is 5.69 Å². The number of fused-ring (bicyclic) bond motifs is 2. The number of para-hydroxylation sites is 1. The first-order valence-corrected chi connectivity index (χ1v) is 10.7. The van der Waals surface area contributed by atoms with Crippen LogP contribution in [0, 0.1) is 0 Å². The van der Waals surface area contributed by atoms with Gasteiger partial charge in [0.1, 0.15) is 0 Å². The predicted molar refractivity (Wildman–Crippen MR) is 121 cm³/mol. The van der Waals surface area contributed by atoms with Crippen molar-refractivity contribution in [2.75, 3.05) is 5.01 Å². The van der Waals surface area contributed by atoms with Crippen LogP contribution in [0.1, 0.15) is 50.2 Å². The second-order valence-electron chi connectivity index (χ2n) is 8.19. The molecule has 31 heavy (non-hydrogen) atoms. The molecule has 6 heteroatoms. The van der Waals surface area contributed by atoms with Crippen molar-refractivity contribution in [3.63, 3.8) is 0 Å². The zero-order valence-corrected chi connectivity index (χ0v) is 17.5. The van der Waals surface area contributed by atoms with Crippen molar-refractivity contribution >= 4 is 29.4 Å². The van der Waals surface area contributed by atoms with E-state index in [2.05, 4.69) is 10.2 Å². The summed E-state index contributed by atoms with van der Waals surface area (Å²) in [7, 11) is 0. The van der Waals surface area contributed by atoms with E-state index in [0.29, 0.717) is 11.4 Å². The average Bonchev–Trinajstić information content (AvgIpc) is 3.06. The fraction of sp³-hybridized carbons (Fsp3) is 0.280. The van der Waals surface area contributed by atoms with E-state index >= 15 is 0 Å². The molecular weight excluding hydrogens is 388 g/mol. The van der Waals surface area contributed by atoms with Gasteiger partial charge in [-0.05, 0) is 44.7 Å². The van der Waals surface area contributed by atoms with Gasteiger partial charge >= 0.3 is 0 Å². The van der Waals surface area contributed by atoms with Crippen LogP contribution in [-0.4, -0.2) is 28.7 Å². The van der Waals surface area contributed by atoms with Crippen LogP contribution in [0.15, 0.2) is 76.4 Å². The molecular formula is C25H24N4O2. The van der Waals surface area contributed by atoms with Crippen molar-refractivity contribution in [1.82, 2.24) is 5.01 Å². The molecule has 3 aliphatic rings. The van der Waals surface area contributed by atoms with E-state index in [-0.39, 0.29) is 11.8 Å². The largest absolute Gasteiger partial charge is 0.286 e. The Hall–Kier alpha value is -3.54. The summed E-state index contributed by atoms with van der Waals surface area (Å²) in [6, 6.07) is 16.9. The summed E-state index contributed by atoms with van der Waals surface area (Å²) in [6.07, 6.45) is 8.56. The maximum Gasteiger partial charge on any atom is 0.286 e.